The fourth-order valence-corrected chi connectivity index (χ4v) is 4.28. The molecule has 0 aromatic carbocycles. The van der Waals surface area contributed by atoms with Crippen LogP contribution in [0.2, 0.25) is 0 Å². The minimum atomic E-state index is -3.29. The average Bonchev–Trinajstić information content (AvgIpc) is 2.16. The molecule has 3 saturated carbocycles. The van der Waals surface area contributed by atoms with Crippen molar-refractivity contribution in [2.75, 3.05) is 6.26 Å². The quantitative estimate of drug-likeness (QED) is 0.826. The molecule has 3 aliphatic carbocycles. The first kappa shape index (κ1) is 12.4. The Hall–Kier alpha value is -0.0900. The Morgan fingerprint density at radius 2 is 2.00 bits per heavy atom. The van der Waals surface area contributed by atoms with Crippen LogP contribution in [-0.4, -0.2) is 25.2 Å². The fraction of sp³-hybridized carbons (Fsp3) is 1.00. The van der Waals surface area contributed by atoms with Gasteiger partial charge in [0.1, 0.15) is 0 Å². The molecular weight excluding hydrogens is 224 g/mol. The highest BCUT2D eigenvalue weighted by molar-refractivity contribution is 7.91. The Balaban J connectivity index is 2.02. The highest BCUT2D eigenvalue weighted by atomic mass is 32.2. The Morgan fingerprint density at radius 3 is 2.44 bits per heavy atom. The topological polar surface area (TPSA) is 54.4 Å². The lowest BCUT2D eigenvalue weighted by molar-refractivity contribution is -0.111. The number of hydrogen-bond acceptors (Lipinski definition) is 3. The highest BCUT2D eigenvalue weighted by Crippen LogP contribution is 2.62. The van der Waals surface area contributed by atoms with Gasteiger partial charge in [0.05, 0.1) is 0 Å². The zero-order valence-corrected chi connectivity index (χ0v) is 11.1. The minimum Gasteiger partial charge on any atom is -0.377 e. The van der Waals surface area contributed by atoms with Crippen LogP contribution in [0.3, 0.4) is 0 Å². The van der Waals surface area contributed by atoms with Crippen molar-refractivity contribution in [1.82, 2.24) is 0 Å². The second kappa shape index (κ2) is 3.70. The number of aliphatic hydroxyl groups is 1. The summed E-state index contributed by atoms with van der Waals surface area (Å²) in [5, 5.41) is 9.66. The van der Waals surface area contributed by atoms with E-state index in [4.69, 9.17) is 0 Å². The van der Waals surface area contributed by atoms with Gasteiger partial charge >= 0.3 is 0 Å². The second-order valence-electron chi connectivity index (χ2n) is 6.22. The molecule has 0 heterocycles. The van der Waals surface area contributed by atoms with Crippen LogP contribution in [0.25, 0.3) is 0 Å². The molecule has 0 amide bonds. The van der Waals surface area contributed by atoms with Gasteiger partial charge in [0.2, 0.25) is 0 Å². The number of rotatable bonds is 3. The third kappa shape index (κ3) is 1.90. The molecule has 94 valence electrons. The maximum atomic E-state index is 11.2. The lowest BCUT2D eigenvalue weighted by Crippen LogP contribution is -2.53. The first-order valence-corrected chi connectivity index (χ1v) is 8.05. The number of fused-ring (bicyclic) bond motifs is 2. The summed E-state index contributed by atoms with van der Waals surface area (Å²) in [6.07, 6.45) is 5.07. The van der Waals surface area contributed by atoms with Gasteiger partial charge in [-0.05, 0) is 48.9 Å². The SMILES string of the molecule is CC1(C)C2CCC(CC(O)S(C)(=O)=O)C1C2. The molecule has 0 aromatic heterocycles. The Labute approximate surface area is 98.2 Å². The van der Waals surface area contributed by atoms with Crippen LogP contribution < -0.4 is 0 Å². The van der Waals surface area contributed by atoms with E-state index in [2.05, 4.69) is 13.8 Å². The van der Waals surface area contributed by atoms with Gasteiger partial charge in [-0.3, -0.25) is 0 Å². The zero-order valence-electron chi connectivity index (χ0n) is 10.3. The molecule has 3 fully saturated rings. The van der Waals surface area contributed by atoms with E-state index in [0.717, 1.165) is 18.6 Å². The van der Waals surface area contributed by atoms with Gasteiger partial charge in [0, 0.05) is 6.26 Å². The third-order valence-electron chi connectivity index (χ3n) is 5.00. The van der Waals surface area contributed by atoms with Crippen LogP contribution in [0.5, 0.6) is 0 Å². The summed E-state index contributed by atoms with van der Waals surface area (Å²) in [5.41, 5.74) is -0.800. The third-order valence-corrected chi connectivity index (χ3v) is 6.18. The summed E-state index contributed by atoms with van der Waals surface area (Å²) in [7, 11) is -3.29. The zero-order chi connectivity index (χ0) is 12.1. The lowest BCUT2D eigenvalue weighted by Gasteiger charge is -2.60. The summed E-state index contributed by atoms with van der Waals surface area (Å²) in [5.74, 6) is 1.83. The molecular formula is C12H22O3S. The highest BCUT2D eigenvalue weighted by Gasteiger charge is 2.54. The predicted octanol–water partition coefficient (Wildman–Crippen LogP) is 1.81. The van der Waals surface area contributed by atoms with E-state index in [1.807, 2.05) is 0 Å². The Morgan fingerprint density at radius 1 is 1.38 bits per heavy atom. The molecule has 0 aliphatic heterocycles. The molecule has 2 bridgehead atoms. The molecule has 3 nitrogen and oxygen atoms in total. The van der Waals surface area contributed by atoms with Gasteiger partial charge in [0.25, 0.3) is 0 Å². The first-order valence-electron chi connectivity index (χ1n) is 6.10. The van der Waals surface area contributed by atoms with Gasteiger partial charge < -0.3 is 5.11 Å². The van der Waals surface area contributed by atoms with Gasteiger partial charge in [-0.25, -0.2) is 8.42 Å². The largest absolute Gasteiger partial charge is 0.377 e. The van der Waals surface area contributed by atoms with Crippen LogP contribution in [0.15, 0.2) is 0 Å². The molecule has 4 heteroatoms. The maximum Gasteiger partial charge on any atom is 0.173 e. The minimum absolute atomic E-state index is 0.361. The molecule has 4 unspecified atom stereocenters. The van der Waals surface area contributed by atoms with Crippen LogP contribution in [0, 0.1) is 23.2 Å². The monoisotopic (exact) mass is 246 g/mol. The molecule has 3 rings (SSSR count). The first-order chi connectivity index (χ1) is 7.23. The van der Waals surface area contributed by atoms with Gasteiger partial charge in [-0.2, -0.15) is 0 Å². The number of aliphatic hydroxyl groups excluding tert-OH is 1. The van der Waals surface area contributed by atoms with Crippen molar-refractivity contribution in [2.24, 2.45) is 23.2 Å². The molecule has 0 aromatic rings. The molecule has 3 aliphatic rings. The summed E-state index contributed by atoms with van der Waals surface area (Å²) in [4.78, 5) is 0. The van der Waals surface area contributed by atoms with Crippen LogP contribution >= 0.6 is 0 Å². The van der Waals surface area contributed by atoms with Crippen molar-refractivity contribution in [3.63, 3.8) is 0 Å². The van der Waals surface area contributed by atoms with Crippen LogP contribution in [0.1, 0.15) is 39.5 Å². The van der Waals surface area contributed by atoms with E-state index in [9.17, 15) is 13.5 Å². The molecule has 1 N–H and O–H groups in total. The van der Waals surface area contributed by atoms with Crippen molar-refractivity contribution in [1.29, 1.82) is 0 Å². The van der Waals surface area contributed by atoms with Crippen molar-refractivity contribution >= 4 is 9.84 Å². The molecule has 4 atom stereocenters. The van der Waals surface area contributed by atoms with Crippen molar-refractivity contribution < 1.29 is 13.5 Å². The predicted molar refractivity (Wildman–Crippen MR) is 63.6 cm³/mol. The summed E-state index contributed by atoms with van der Waals surface area (Å²) in [6.45, 7) is 4.57. The van der Waals surface area contributed by atoms with Gasteiger partial charge in [-0.15, -0.1) is 0 Å². The van der Waals surface area contributed by atoms with Gasteiger partial charge in [-0.1, -0.05) is 13.8 Å². The van der Waals surface area contributed by atoms with Crippen LogP contribution in [0.4, 0.5) is 0 Å². The smallest absolute Gasteiger partial charge is 0.173 e. The molecule has 16 heavy (non-hydrogen) atoms. The van der Waals surface area contributed by atoms with E-state index in [-0.39, 0.29) is 0 Å². The molecule has 0 radical (unpaired) electrons. The normalized spacial score (nSPS) is 38.9. The van der Waals surface area contributed by atoms with E-state index in [1.165, 1.54) is 12.8 Å². The van der Waals surface area contributed by atoms with Crippen LogP contribution in [-0.2, 0) is 9.84 Å². The molecule has 0 saturated heterocycles. The molecule has 0 spiro atoms. The summed E-state index contributed by atoms with van der Waals surface area (Å²) < 4.78 is 22.5. The Kier molecular flexibility index (Phi) is 2.86. The van der Waals surface area contributed by atoms with E-state index in [0.29, 0.717) is 23.7 Å². The number of hydrogen-bond donors (Lipinski definition) is 1. The number of sulfone groups is 1. The van der Waals surface area contributed by atoms with Crippen molar-refractivity contribution in [3.05, 3.63) is 0 Å². The van der Waals surface area contributed by atoms with Gasteiger partial charge in [0.15, 0.2) is 15.3 Å². The van der Waals surface area contributed by atoms with Crippen molar-refractivity contribution in [3.8, 4) is 0 Å². The second-order valence-corrected chi connectivity index (χ2v) is 8.42. The summed E-state index contributed by atoms with van der Waals surface area (Å²) >= 11 is 0. The maximum absolute atomic E-state index is 11.2. The standard InChI is InChI=1S/C12H22O3S/c1-12(2)9-5-4-8(10(12)7-9)6-11(13)16(3,14)15/h8-11,13H,4-7H2,1-3H3. The lowest BCUT2D eigenvalue weighted by atomic mass is 9.45. The van der Waals surface area contributed by atoms with E-state index >= 15 is 0 Å². The summed E-state index contributed by atoms with van der Waals surface area (Å²) in [6, 6.07) is 0. The Bertz CT molecular complexity index is 370. The van der Waals surface area contributed by atoms with E-state index < -0.39 is 15.3 Å². The van der Waals surface area contributed by atoms with E-state index in [1.54, 1.807) is 0 Å². The van der Waals surface area contributed by atoms with Crippen molar-refractivity contribution in [2.45, 2.75) is 45.0 Å². The fourth-order valence-electron chi connectivity index (χ4n) is 3.68. The average molecular weight is 246 g/mol.